The third-order valence-electron chi connectivity index (χ3n) is 11.0. The molecule has 0 N–H and O–H groups in total. The monoisotopic (exact) mass is 705 g/mol. The van der Waals surface area contributed by atoms with Crippen LogP contribution >= 0.6 is 0 Å². The van der Waals surface area contributed by atoms with Gasteiger partial charge in [-0.15, -0.1) is 6.58 Å². The van der Waals surface area contributed by atoms with Crippen LogP contribution in [-0.4, -0.2) is 13.7 Å². The van der Waals surface area contributed by atoms with Gasteiger partial charge < -0.3 is 13.7 Å². The van der Waals surface area contributed by atoms with E-state index in [-0.39, 0.29) is 0 Å². The lowest BCUT2D eigenvalue weighted by Gasteiger charge is -2.16. The third kappa shape index (κ3) is 5.52. The lowest BCUT2D eigenvalue weighted by Crippen LogP contribution is -2.00. The highest BCUT2D eigenvalue weighted by molar-refractivity contribution is 6.10. The lowest BCUT2D eigenvalue weighted by atomic mass is 9.97. The second-order valence-electron chi connectivity index (χ2n) is 14.3. The summed E-state index contributed by atoms with van der Waals surface area (Å²) in [6.45, 7) is 8.91. The fourth-order valence-corrected chi connectivity index (χ4v) is 8.58. The molecule has 0 saturated heterocycles. The van der Waals surface area contributed by atoms with Crippen molar-refractivity contribution in [1.82, 2.24) is 13.7 Å². The normalized spacial score (nSPS) is 11.9. The molecule has 10 aromatic rings. The molecule has 0 aliphatic heterocycles. The molecule has 7 aromatic carbocycles. The van der Waals surface area contributed by atoms with E-state index in [0.29, 0.717) is 0 Å². The van der Waals surface area contributed by atoms with Crippen molar-refractivity contribution < 1.29 is 0 Å². The van der Waals surface area contributed by atoms with Gasteiger partial charge in [0.2, 0.25) is 0 Å². The van der Waals surface area contributed by atoms with Crippen molar-refractivity contribution in [1.29, 1.82) is 0 Å². The molecule has 55 heavy (non-hydrogen) atoms. The van der Waals surface area contributed by atoms with Crippen LogP contribution in [0.15, 0.2) is 189 Å². The Balaban J connectivity index is 1.18. The molecular formula is C52H39N3. The van der Waals surface area contributed by atoms with E-state index in [2.05, 4.69) is 203 Å². The number of nitrogens with zero attached hydrogens (tertiary/aromatic N) is 3. The van der Waals surface area contributed by atoms with Crippen molar-refractivity contribution >= 4 is 66.7 Å². The van der Waals surface area contributed by atoms with Gasteiger partial charge in [-0.3, -0.25) is 0 Å². The van der Waals surface area contributed by atoms with Gasteiger partial charge in [0.15, 0.2) is 0 Å². The molecule has 0 radical (unpaired) electrons. The molecule has 0 unspecified atom stereocenters. The first kappa shape index (κ1) is 32.5. The van der Waals surface area contributed by atoms with Crippen LogP contribution in [0, 0.1) is 0 Å². The highest BCUT2D eigenvalue weighted by Gasteiger charge is 2.17. The number of hydrogen-bond donors (Lipinski definition) is 0. The zero-order chi connectivity index (χ0) is 36.9. The Labute approximate surface area is 320 Å². The molecule has 0 atom stereocenters. The number of aromatic nitrogens is 3. The molecule has 0 spiro atoms. The van der Waals surface area contributed by atoms with E-state index in [9.17, 15) is 0 Å². The standard InChI is InChI=1S/C52H39N3/c1-3-16-36-29-37(17-15-28-53-35-38(4-2)43-18-5-10-23-48(43)53)31-39(30-36)40-32-41(54-49-24-11-6-19-44(49)45-20-7-12-25-50(45)54)34-42(33-40)55-51-26-13-8-21-46(51)47-22-9-14-27-52(47)55/h3-15,17-27,29-35H,1-2,16,28H2/b17-15+. The maximum absolute atomic E-state index is 4.10. The predicted molar refractivity (Wildman–Crippen MR) is 236 cm³/mol. The molecule has 0 aliphatic carbocycles. The van der Waals surface area contributed by atoms with E-state index < -0.39 is 0 Å². The van der Waals surface area contributed by atoms with Crippen LogP contribution in [0.2, 0.25) is 0 Å². The average Bonchev–Trinajstić information content (AvgIpc) is 3.88. The van der Waals surface area contributed by atoms with Gasteiger partial charge in [0, 0.05) is 56.6 Å². The third-order valence-corrected chi connectivity index (χ3v) is 11.0. The molecule has 0 bridgehead atoms. The molecular weight excluding hydrogens is 667 g/mol. The molecule has 0 saturated carbocycles. The minimum atomic E-state index is 0.760. The summed E-state index contributed by atoms with van der Waals surface area (Å²) in [4.78, 5) is 0. The summed E-state index contributed by atoms with van der Waals surface area (Å²) in [5, 5.41) is 6.22. The maximum Gasteiger partial charge on any atom is 0.0541 e. The van der Waals surface area contributed by atoms with Crippen molar-refractivity contribution in [2.24, 2.45) is 0 Å². The van der Waals surface area contributed by atoms with Crippen LogP contribution in [0.4, 0.5) is 0 Å². The van der Waals surface area contributed by atoms with Gasteiger partial charge in [-0.25, -0.2) is 0 Å². The largest absolute Gasteiger partial charge is 0.343 e. The van der Waals surface area contributed by atoms with Crippen LogP contribution in [-0.2, 0) is 13.0 Å². The van der Waals surface area contributed by atoms with E-state index >= 15 is 0 Å². The van der Waals surface area contributed by atoms with Crippen molar-refractivity contribution in [2.75, 3.05) is 0 Å². The first-order valence-corrected chi connectivity index (χ1v) is 18.9. The van der Waals surface area contributed by atoms with E-state index in [1.54, 1.807) is 0 Å². The van der Waals surface area contributed by atoms with Gasteiger partial charge in [0.05, 0.1) is 22.1 Å². The fourth-order valence-electron chi connectivity index (χ4n) is 8.58. The number of benzene rings is 7. The topological polar surface area (TPSA) is 14.8 Å². The van der Waals surface area contributed by atoms with Crippen LogP contribution in [0.25, 0.3) is 89.2 Å². The predicted octanol–water partition coefficient (Wildman–Crippen LogP) is 13.6. The Morgan fingerprint density at radius 1 is 0.473 bits per heavy atom. The minimum Gasteiger partial charge on any atom is -0.343 e. The summed E-state index contributed by atoms with van der Waals surface area (Å²) >= 11 is 0. The minimum absolute atomic E-state index is 0.760. The first-order valence-electron chi connectivity index (χ1n) is 18.9. The zero-order valence-corrected chi connectivity index (χ0v) is 30.6. The number of hydrogen-bond acceptors (Lipinski definition) is 0. The summed E-state index contributed by atoms with van der Waals surface area (Å²) in [6, 6.07) is 57.5. The summed E-state index contributed by atoms with van der Waals surface area (Å²) < 4.78 is 7.16. The van der Waals surface area contributed by atoms with Gasteiger partial charge in [0.25, 0.3) is 0 Å². The molecule has 262 valence electrons. The lowest BCUT2D eigenvalue weighted by molar-refractivity contribution is 0.866. The van der Waals surface area contributed by atoms with Crippen LogP contribution in [0.5, 0.6) is 0 Å². The van der Waals surface area contributed by atoms with E-state index in [0.717, 1.165) is 41.0 Å². The maximum atomic E-state index is 4.10. The molecule has 3 heterocycles. The number of allylic oxidation sites excluding steroid dienone is 2. The molecule has 3 heteroatoms. The number of para-hydroxylation sites is 5. The van der Waals surface area contributed by atoms with E-state index in [1.807, 2.05) is 12.2 Å². The summed E-state index contributed by atoms with van der Waals surface area (Å²) in [5.74, 6) is 0. The Hall–Kier alpha value is -7.10. The van der Waals surface area contributed by atoms with Gasteiger partial charge in [-0.05, 0) is 88.8 Å². The Morgan fingerprint density at radius 2 is 0.945 bits per heavy atom. The van der Waals surface area contributed by atoms with Crippen molar-refractivity contribution in [3.05, 3.63) is 206 Å². The van der Waals surface area contributed by atoms with Crippen LogP contribution < -0.4 is 0 Å². The summed E-state index contributed by atoms with van der Waals surface area (Å²) in [5.41, 5.74) is 14.1. The molecule has 0 fully saturated rings. The SMILES string of the molecule is C=CCc1cc(/C=C/Cn2cc(C=C)c3ccccc32)cc(-c2cc(-n3c4ccccc4c4ccccc43)cc(-n3c4ccccc4c4ccccc43)c2)c1. The summed E-state index contributed by atoms with van der Waals surface area (Å²) in [6.07, 6.45) is 11.4. The zero-order valence-electron chi connectivity index (χ0n) is 30.6. The molecule has 0 aliphatic rings. The van der Waals surface area contributed by atoms with Crippen LogP contribution in [0.1, 0.15) is 16.7 Å². The average molecular weight is 706 g/mol. The van der Waals surface area contributed by atoms with Crippen molar-refractivity contribution in [3.8, 4) is 22.5 Å². The van der Waals surface area contributed by atoms with Gasteiger partial charge >= 0.3 is 0 Å². The van der Waals surface area contributed by atoms with Crippen molar-refractivity contribution in [3.63, 3.8) is 0 Å². The Morgan fingerprint density at radius 3 is 1.45 bits per heavy atom. The Bertz CT molecular complexity index is 2900. The Kier molecular flexibility index (Phi) is 7.92. The highest BCUT2D eigenvalue weighted by Crippen LogP contribution is 2.38. The summed E-state index contributed by atoms with van der Waals surface area (Å²) in [7, 11) is 0. The van der Waals surface area contributed by atoms with Gasteiger partial charge in [-0.2, -0.15) is 0 Å². The molecule has 3 aromatic heterocycles. The quantitative estimate of drug-likeness (QED) is 0.133. The van der Waals surface area contributed by atoms with Gasteiger partial charge in [-0.1, -0.05) is 134 Å². The van der Waals surface area contributed by atoms with Crippen LogP contribution in [0.3, 0.4) is 0 Å². The van der Waals surface area contributed by atoms with E-state index in [4.69, 9.17) is 0 Å². The number of rotatable bonds is 9. The fraction of sp³-hybridized carbons (Fsp3) is 0.0385. The second kappa shape index (κ2) is 13.4. The molecule has 3 nitrogen and oxygen atoms in total. The number of fused-ring (bicyclic) bond motifs is 7. The highest BCUT2D eigenvalue weighted by atomic mass is 15.0. The molecule has 0 amide bonds. The molecule has 10 rings (SSSR count). The second-order valence-corrected chi connectivity index (χ2v) is 14.3. The first-order chi connectivity index (χ1) is 27.2. The van der Waals surface area contributed by atoms with Crippen molar-refractivity contribution in [2.45, 2.75) is 13.0 Å². The smallest absolute Gasteiger partial charge is 0.0541 e. The van der Waals surface area contributed by atoms with Gasteiger partial charge in [0.1, 0.15) is 0 Å². The van der Waals surface area contributed by atoms with E-state index in [1.165, 1.54) is 65.6 Å².